The summed E-state index contributed by atoms with van der Waals surface area (Å²) in [6.45, 7) is 0.935. The summed E-state index contributed by atoms with van der Waals surface area (Å²) in [4.78, 5) is 12.0. The number of alkyl halides is 3. The molecular formula is C17H17F3N4O. The molecular weight excluding hydrogens is 333 g/mol. The van der Waals surface area contributed by atoms with Crippen LogP contribution in [0.2, 0.25) is 0 Å². The first-order valence-corrected chi connectivity index (χ1v) is 7.79. The summed E-state index contributed by atoms with van der Waals surface area (Å²) < 4.78 is 41.7. The lowest BCUT2D eigenvalue weighted by atomic mass is 10.2. The van der Waals surface area contributed by atoms with Crippen LogP contribution in [0.25, 0.3) is 10.9 Å². The van der Waals surface area contributed by atoms with E-state index >= 15 is 0 Å². The molecule has 0 unspecified atom stereocenters. The summed E-state index contributed by atoms with van der Waals surface area (Å²) in [5, 5.41) is 6.98. The number of halogens is 3. The predicted octanol–water partition coefficient (Wildman–Crippen LogP) is 3.21. The van der Waals surface area contributed by atoms with Crippen molar-refractivity contribution >= 4 is 16.8 Å². The van der Waals surface area contributed by atoms with Crippen molar-refractivity contribution in [2.45, 2.75) is 19.1 Å². The van der Waals surface area contributed by atoms with Crippen LogP contribution in [-0.4, -0.2) is 26.8 Å². The van der Waals surface area contributed by atoms with Gasteiger partial charge in [-0.25, -0.2) is 0 Å². The molecule has 8 heteroatoms. The van der Waals surface area contributed by atoms with E-state index in [1.807, 2.05) is 41.1 Å². The van der Waals surface area contributed by atoms with E-state index in [-0.39, 0.29) is 6.54 Å². The first kappa shape index (κ1) is 17.1. The molecule has 0 atom stereocenters. The second-order valence-electron chi connectivity index (χ2n) is 5.74. The van der Waals surface area contributed by atoms with Gasteiger partial charge in [0, 0.05) is 38.0 Å². The average Bonchev–Trinajstić information content (AvgIpc) is 3.15. The van der Waals surface area contributed by atoms with E-state index in [1.165, 1.54) is 7.05 Å². The summed E-state index contributed by atoms with van der Waals surface area (Å²) in [5.41, 5.74) is -0.536. The van der Waals surface area contributed by atoms with Gasteiger partial charge in [0.2, 0.25) is 0 Å². The third-order valence-electron chi connectivity index (χ3n) is 3.88. The highest BCUT2D eigenvalue weighted by Gasteiger charge is 2.38. The molecule has 0 aliphatic rings. The molecule has 132 valence electrons. The number of carbonyl (C=O) groups is 1. The normalized spacial score (nSPS) is 11.8. The number of nitrogens with zero attached hydrogens (tertiary/aromatic N) is 3. The third-order valence-corrected chi connectivity index (χ3v) is 3.88. The molecule has 0 spiro atoms. The number of benzene rings is 1. The maximum absolute atomic E-state index is 12.9. The van der Waals surface area contributed by atoms with Crippen LogP contribution in [0.1, 0.15) is 22.5 Å². The van der Waals surface area contributed by atoms with Crippen LogP contribution in [-0.2, 0) is 19.8 Å². The van der Waals surface area contributed by atoms with Crippen LogP contribution >= 0.6 is 0 Å². The van der Waals surface area contributed by atoms with E-state index in [0.29, 0.717) is 13.0 Å². The van der Waals surface area contributed by atoms with E-state index in [1.54, 1.807) is 0 Å². The van der Waals surface area contributed by atoms with Crippen molar-refractivity contribution in [1.29, 1.82) is 0 Å². The van der Waals surface area contributed by atoms with Crippen molar-refractivity contribution in [3.05, 3.63) is 54.0 Å². The number of amides is 1. The lowest BCUT2D eigenvalue weighted by Crippen LogP contribution is -2.27. The number of para-hydroxylation sites is 1. The Hall–Kier alpha value is -2.77. The summed E-state index contributed by atoms with van der Waals surface area (Å²) in [5.74, 6) is -0.766. The topological polar surface area (TPSA) is 51.9 Å². The van der Waals surface area contributed by atoms with Gasteiger partial charge in [-0.1, -0.05) is 18.2 Å². The quantitative estimate of drug-likeness (QED) is 0.719. The number of carbonyl (C=O) groups excluding carboxylic acids is 1. The van der Waals surface area contributed by atoms with Crippen molar-refractivity contribution < 1.29 is 18.0 Å². The van der Waals surface area contributed by atoms with Gasteiger partial charge in [0.15, 0.2) is 5.69 Å². The van der Waals surface area contributed by atoms with Gasteiger partial charge >= 0.3 is 6.18 Å². The number of aryl methyl sites for hydroxylation is 2. The highest BCUT2D eigenvalue weighted by molar-refractivity contribution is 5.95. The van der Waals surface area contributed by atoms with Gasteiger partial charge in [-0.05, 0) is 23.9 Å². The number of fused-ring (bicyclic) bond motifs is 1. The zero-order valence-corrected chi connectivity index (χ0v) is 13.5. The lowest BCUT2D eigenvalue weighted by Gasteiger charge is -2.08. The zero-order chi connectivity index (χ0) is 18.0. The molecule has 1 amide bonds. The van der Waals surface area contributed by atoms with Crippen LogP contribution in [0.3, 0.4) is 0 Å². The van der Waals surface area contributed by atoms with E-state index in [0.717, 1.165) is 21.8 Å². The van der Waals surface area contributed by atoms with Gasteiger partial charge < -0.3 is 9.88 Å². The maximum atomic E-state index is 12.9. The minimum absolute atomic E-state index is 0.275. The number of hydrogen-bond donors (Lipinski definition) is 1. The van der Waals surface area contributed by atoms with Crippen LogP contribution in [0.4, 0.5) is 13.2 Å². The van der Waals surface area contributed by atoms with Crippen molar-refractivity contribution in [1.82, 2.24) is 19.7 Å². The molecule has 25 heavy (non-hydrogen) atoms. The molecule has 0 aliphatic heterocycles. The molecule has 0 saturated heterocycles. The molecule has 0 bridgehead atoms. The monoisotopic (exact) mass is 350 g/mol. The maximum Gasteiger partial charge on any atom is 0.435 e. The van der Waals surface area contributed by atoms with Gasteiger partial charge in [0.25, 0.3) is 5.91 Å². The molecule has 1 N–H and O–H groups in total. The molecule has 2 aromatic heterocycles. The molecule has 0 saturated carbocycles. The fourth-order valence-corrected chi connectivity index (χ4v) is 2.75. The number of aromatic nitrogens is 3. The predicted molar refractivity (Wildman–Crippen MR) is 87.1 cm³/mol. The SMILES string of the molecule is Cn1cc(C(=O)NCCCn2ccc3ccccc32)c(C(F)(F)F)n1. The molecule has 1 aromatic carbocycles. The standard InChI is InChI=1S/C17H17F3N4O/c1-23-11-13(15(22-23)17(18,19)20)16(25)21-8-4-9-24-10-7-12-5-2-3-6-14(12)24/h2-3,5-7,10-11H,4,8-9H2,1H3,(H,21,25). The van der Waals surface area contributed by atoms with Crippen molar-refractivity contribution in [3.63, 3.8) is 0 Å². The molecule has 5 nitrogen and oxygen atoms in total. The Kier molecular flexibility index (Phi) is 4.52. The second kappa shape index (κ2) is 6.62. The minimum atomic E-state index is -4.65. The van der Waals surface area contributed by atoms with Crippen molar-refractivity contribution in [3.8, 4) is 0 Å². The molecule has 0 fully saturated rings. The molecule has 3 rings (SSSR count). The lowest BCUT2D eigenvalue weighted by molar-refractivity contribution is -0.141. The highest BCUT2D eigenvalue weighted by atomic mass is 19.4. The fourth-order valence-electron chi connectivity index (χ4n) is 2.75. The van der Waals surface area contributed by atoms with Gasteiger partial charge in [-0.3, -0.25) is 9.48 Å². The summed E-state index contributed by atoms with van der Waals surface area (Å²) >= 11 is 0. The Morgan fingerprint density at radius 1 is 1.24 bits per heavy atom. The van der Waals surface area contributed by atoms with Crippen LogP contribution in [0.5, 0.6) is 0 Å². The Balaban J connectivity index is 1.58. The minimum Gasteiger partial charge on any atom is -0.352 e. The Morgan fingerprint density at radius 3 is 2.76 bits per heavy atom. The molecule has 0 aliphatic carbocycles. The average molecular weight is 350 g/mol. The van der Waals surface area contributed by atoms with E-state index in [9.17, 15) is 18.0 Å². The smallest absolute Gasteiger partial charge is 0.352 e. The first-order valence-electron chi connectivity index (χ1n) is 7.79. The van der Waals surface area contributed by atoms with Crippen LogP contribution < -0.4 is 5.32 Å². The van der Waals surface area contributed by atoms with Gasteiger partial charge in [-0.2, -0.15) is 18.3 Å². The number of nitrogens with one attached hydrogen (secondary N) is 1. The Morgan fingerprint density at radius 2 is 2.00 bits per heavy atom. The summed E-state index contributed by atoms with van der Waals surface area (Å²) in [6.07, 6.45) is -1.02. The number of rotatable bonds is 5. The van der Waals surface area contributed by atoms with Crippen molar-refractivity contribution in [2.75, 3.05) is 6.54 Å². The molecule has 2 heterocycles. The first-order chi connectivity index (χ1) is 11.9. The van der Waals surface area contributed by atoms with Gasteiger partial charge in [0.1, 0.15) is 0 Å². The van der Waals surface area contributed by atoms with E-state index < -0.39 is 23.3 Å². The largest absolute Gasteiger partial charge is 0.435 e. The molecule has 3 aromatic rings. The summed E-state index contributed by atoms with van der Waals surface area (Å²) in [7, 11) is 1.35. The zero-order valence-electron chi connectivity index (χ0n) is 13.5. The summed E-state index contributed by atoms with van der Waals surface area (Å²) in [6, 6.07) is 9.91. The van der Waals surface area contributed by atoms with Crippen LogP contribution in [0, 0.1) is 0 Å². The Labute approximate surface area is 142 Å². The third kappa shape index (κ3) is 3.67. The van der Waals surface area contributed by atoms with E-state index in [2.05, 4.69) is 10.4 Å². The van der Waals surface area contributed by atoms with E-state index in [4.69, 9.17) is 0 Å². The Bertz CT molecular complexity index is 895. The highest BCUT2D eigenvalue weighted by Crippen LogP contribution is 2.30. The van der Waals surface area contributed by atoms with Crippen molar-refractivity contribution in [2.24, 2.45) is 7.05 Å². The van der Waals surface area contributed by atoms with Crippen LogP contribution in [0.15, 0.2) is 42.7 Å². The van der Waals surface area contributed by atoms with Gasteiger partial charge in [0.05, 0.1) is 5.56 Å². The fraction of sp³-hybridized carbons (Fsp3) is 0.294. The van der Waals surface area contributed by atoms with Gasteiger partial charge in [-0.15, -0.1) is 0 Å². The second-order valence-corrected chi connectivity index (χ2v) is 5.74. The number of hydrogen-bond acceptors (Lipinski definition) is 2. The molecule has 0 radical (unpaired) electrons.